The molecule has 2 rings (SSSR count). The van der Waals surface area contributed by atoms with Gasteiger partial charge in [0.15, 0.2) is 0 Å². The minimum atomic E-state index is -0.475. The van der Waals surface area contributed by atoms with Gasteiger partial charge in [-0.3, -0.25) is 4.79 Å². The predicted octanol–water partition coefficient (Wildman–Crippen LogP) is 3.73. The van der Waals surface area contributed by atoms with E-state index in [4.69, 9.17) is 5.73 Å². The minimum absolute atomic E-state index is 0.252. The molecule has 0 saturated heterocycles. The van der Waals surface area contributed by atoms with Gasteiger partial charge in [-0.2, -0.15) is 0 Å². The zero-order chi connectivity index (χ0) is 14.0. The summed E-state index contributed by atoms with van der Waals surface area (Å²) < 4.78 is 13.7. The number of anilines is 2. The van der Waals surface area contributed by atoms with Gasteiger partial charge >= 0.3 is 0 Å². The van der Waals surface area contributed by atoms with Gasteiger partial charge in [-0.1, -0.05) is 6.07 Å². The number of halogens is 2. The molecule has 0 aromatic heterocycles. The van der Waals surface area contributed by atoms with Crippen LogP contribution in [-0.4, -0.2) is 5.91 Å². The van der Waals surface area contributed by atoms with Crippen LogP contribution in [-0.2, 0) is 0 Å². The van der Waals surface area contributed by atoms with Gasteiger partial charge in [0, 0.05) is 16.9 Å². The molecule has 2 aromatic carbocycles. The van der Waals surface area contributed by atoms with Crippen LogP contribution in [0, 0.1) is 12.7 Å². The van der Waals surface area contributed by atoms with Gasteiger partial charge in [-0.25, -0.2) is 4.39 Å². The third-order valence-electron chi connectivity index (χ3n) is 2.81. The maximum absolute atomic E-state index is 13.4. The summed E-state index contributed by atoms with van der Waals surface area (Å²) in [6, 6.07) is 9.48. The van der Waals surface area contributed by atoms with Crippen molar-refractivity contribution in [1.29, 1.82) is 0 Å². The van der Waals surface area contributed by atoms with Gasteiger partial charge in [0.2, 0.25) is 0 Å². The van der Waals surface area contributed by atoms with Crippen molar-refractivity contribution in [2.24, 2.45) is 0 Å². The molecular formula is C14H12BrFN2O. The zero-order valence-electron chi connectivity index (χ0n) is 10.2. The Hall–Kier alpha value is -1.88. The first-order chi connectivity index (χ1) is 8.99. The molecule has 0 heterocycles. The average Bonchev–Trinajstić information content (AvgIpc) is 2.38. The number of carbonyl (C=O) groups excluding carboxylic acids is 1. The van der Waals surface area contributed by atoms with E-state index in [1.807, 2.05) is 6.92 Å². The molecule has 0 aliphatic carbocycles. The number of amides is 1. The van der Waals surface area contributed by atoms with E-state index in [1.54, 1.807) is 24.3 Å². The fraction of sp³-hybridized carbons (Fsp3) is 0.0714. The molecule has 5 heteroatoms. The van der Waals surface area contributed by atoms with Crippen LogP contribution in [0.5, 0.6) is 0 Å². The fourth-order valence-corrected chi connectivity index (χ4v) is 1.87. The molecule has 0 spiro atoms. The summed E-state index contributed by atoms with van der Waals surface area (Å²) in [7, 11) is 0. The van der Waals surface area contributed by atoms with Gasteiger partial charge in [-0.05, 0) is 58.7 Å². The Labute approximate surface area is 118 Å². The van der Waals surface area contributed by atoms with E-state index in [0.29, 0.717) is 15.8 Å². The van der Waals surface area contributed by atoms with E-state index < -0.39 is 5.82 Å². The highest BCUT2D eigenvalue weighted by Gasteiger charge is 2.10. The summed E-state index contributed by atoms with van der Waals surface area (Å²) in [5.41, 5.74) is 8.02. The standard InChI is InChI=1S/C14H12BrFN2O/c1-8-12(17)3-2-4-13(8)18-14(19)9-5-6-10(15)11(16)7-9/h2-7H,17H2,1H3,(H,18,19). The monoisotopic (exact) mass is 322 g/mol. The lowest BCUT2D eigenvalue weighted by Gasteiger charge is -2.10. The van der Waals surface area contributed by atoms with Gasteiger partial charge in [0.1, 0.15) is 5.82 Å². The summed E-state index contributed by atoms with van der Waals surface area (Å²) in [6.07, 6.45) is 0. The van der Waals surface area contributed by atoms with Gasteiger partial charge in [0.05, 0.1) is 4.47 Å². The number of nitrogens with one attached hydrogen (secondary N) is 1. The number of rotatable bonds is 2. The van der Waals surface area contributed by atoms with Gasteiger partial charge in [0.25, 0.3) is 5.91 Å². The molecule has 98 valence electrons. The largest absolute Gasteiger partial charge is 0.398 e. The smallest absolute Gasteiger partial charge is 0.255 e. The lowest BCUT2D eigenvalue weighted by atomic mass is 10.1. The highest BCUT2D eigenvalue weighted by molar-refractivity contribution is 9.10. The molecule has 3 N–H and O–H groups in total. The molecule has 0 saturated carbocycles. The van der Waals surface area contributed by atoms with Crippen LogP contribution >= 0.6 is 15.9 Å². The van der Waals surface area contributed by atoms with Crippen molar-refractivity contribution in [2.45, 2.75) is 6.92 Å². The van der Waals surface area contributed by atoms with Crippen LogP contribution in [0.4, 0.5) is 15.8 Å². The maximum Gasteiger partial charge on any atom is 0.255 e. The van der Waals surface area contributed by atoms with E-state index in [1.165, 1.54) is 12.1 Å². The highest BCUT2D eigenvalue weighted by atomic mass is 79.9. The number of carbonyl (C=O) groups is 1. The SMILES string of the molecule is Cc1c(N)cccc1NC(=O)c1ccc(Br)c(F)c1. The van der Waals surface area contributed by atoms with Crippen LogP contribution < -0.4 is 11.1 Å². The predicted molar refractivity (Wildman–Crippen MR) is 77.6 cm³/mol. The Morgan fingerprint density at radius 2 is 2.05 bits per heavy atom. The van der Waals surface area contributed by atoms with E-state index in [0.717, 1.165) is 5.56 Å². The molecule has 1 amide bonds. The highest BCUT2D eigenvalue weighted by Crippen LogP contribution is 2.22. The number of hydrogen-bond acceptors (Lipinski definition) is 2. The second-order valence-corrected chi connectivity index (χ2v) is 4.96. The molecule has 2 aromatic rings. The average molecular weight is 323 g/mol. The number of nitrogens with two attached hydrogens (primary N) is 1. The van der Waals surface area contributed by atoms with Crippen molar-refractivity contribution in [3.05, 3.63) is 57.8 Å². The zero-order valence-corrected chi connectivity index (χ0v) is 11.8. The normalized spacial score (nSPS) is 10.3. The Morgan fingerprint density at radius 3 is 2.74 bits per heavy atom. The molecule has 0 atom stereocenters. The molecule has 0 fully saturated rings. The van der Waals surface area contributed by atoms with Crippen molar-refractivity contribution >= 4 is 33.2 Å². The number of nitrogen functional groups attached to an aromatic ring is 1. The molecular weight excluding hydrogens is 311 g/mol. The fourth-order valence-electron chi connectivity index (χ4n) is 1.62. The van der Waals surface area contributed by atoms with Crippen LogP contribution in [0.15, 0.2) is 40.9 Å². The summed E-state index contributed by atoms with van der Waals surface area (Å²) in [4.78, 5) is 12.0. The molecule has 0 unspecified atom stereocenters. The first kappa shape index (κ1) is 13.5. The van der Waals surface area contributed by atoms with Crippen molar-refractivity contribution in [1.82, 2.24) is 0 Å². The van der Waals surface area contributed by atoms with E-state index in [9.17, 15) is 9.18 Å². The summed E-state index contributed by atoms with van der Waals surface area (Å²) in [6.45, 7) is 1.81. The summed E-state index contributed by atoms with van der Waals surface area (Å²) >= 11 is 3.04. The van der Waals surface area contributed by atoms with E-state index >= 15 is 0 Å². The lowest BCUT2D eigenvalue weighted by molar-refractivity contribution is 0.102. The maximum atomic E-state index is 13.4. The first-order valence-electron chi connectivity index (χ1n) is 5.60. The van der Waals surface area contributed by atoms with E-state index in [-0.39, 0.29) is 11.5 Å². The Bertz CT molecular complexity index is 643. The second kappa shape index (κ2) is 5.40. The van der Waals surface area contributed by atoms with Gasteiger partial charge < -0.3 is 11.1 Å². The molecule has 0 radical (unpaired) electrons. The third-order valence-corrected chi connectivity index (χ3v) is 3.45. The molecule has 0 aliphatic heterocycles. The summed E-state index contributed by atoms with van der Waals surface area (Å²) in [5.74, 6) is -0.850. The van der Waals surface area contributed by atoms with Crippen molar-refractivity contribution < 1.29 is 9.18 Å². The van der Waals surface area contributed by atoms with Crippen LogP contribution in [0.1, 0.15) is 15.9 Å². The van der Waals surface area contributed by atoms with Gasteiger partial charge in [-0.15, -0.1) is 0 Å². The Balaban J connectivity index is 2.26. The minimum Gasteiger partial charge on any atom is -0.398 e. The van der Waals surface area contributed by atoms with E-state index in [2.05, 4.69) is 21.2 Å². The number of benzene rings is 2. The second-order valence-electron chi connectivity index (χ2n) is 4.10. The topological polar surface area (TPSA) is 55.1 Å². The van der Waals surface area contributed by atoms with Crippen molar-refractivity contribution in [3.63, 3.8) is 0 Å². The van der Waals surface area contributed by atoms with Crippen LogP contribution in [0.25, 0.3) is 0 Å². The first-order valence-corrected chi connectivity index (χ1v) is 6.40. The molecule has 3 nitrogen and oxygen atoms in total. The lowest BCUT2D eigenvalue weighted by Crippen LogP contribution is -2.13. The Morgan fingerprint density at radius 1 is 1.32 bits per heavy atom. The quantitative estimate of drug-likeness (QED) is 0.828. The van der Waals surface area contributed by atoms with Crippen molar-refractivity contribution in [2.75, 3.05) is 11.1 Å². The Kier molecular flexibility index (Phi) is 3.85. The van der Waals surface area contributed by atoms with Crippen LogP contribution in [0.3, 0.4) is 0 Å². The molecule has 0 bridgehead atoms. The number of hydrogen-bond donors (Lipinski definition) is 2. The molecule has 19 heavy (non-hydrogen) atoms. The van der Waals surface area contributed by atoms with Crippen molar-refractivity contribution in [3.8, 4) is 0 Å². The third kappa shape index (κ3) is 2.93. The molecule has 0 aliphatic rings. The van der Waals surface area contributed by atoms with Crippen LogP contribution in [0.2, 0.25) is 0 Å². The summed E-state index contributed by atoms with van der Waals surface area (Å²) in [5, 5.41) is 2.71.